The highest BCUT2D eigenvalue weighted by Crippen LogP contribution is 2.38. The van der Waals surface area contributed by atoms with Crippen LogP contribution in [0.1, 0.15) is 44.5 Å². The highest BCUT2D eigenvalue weighted by Gasteiger charge is 2.34. The summed E-state index contributed by atoms with van der Waals surface area (Å²) < 4.78 is 5.22. The van der Waals surface area contributed by atoms with Gasteiger partial charge in [0.25, 0.3) is 0 Å². The molecule has 1 aliphatic heterocycles. The van der Waals surface area contributed by atoms with Gasteiger partial charge in [-0.25, -0.2) is 4.79 Å². The molecule has 1 atom stereocenters. The third-order valence-electron chi connectivity index (χ3n) is 4.48. The summed E-state index contributed by atoms with van der Waals surface area (Å²) in [6.45, 7) is 7.92. The van der Waals surface area contributed by atoms with E-state index in [0.29, 0.717) is 38.9 Å². The lowest BCUT2D eigenvalue weighted by Gasteiger charge is -2.29. The van der Waals surface area contributed by atoms with Crippen LogP contribution in [0.25, 0.3) is 0 Å². The lowest BCUT2D eigenvalue weighted by molar-refractivity contribution is -0.139. The van der Waals surface area contributed by atoms with E-state index in [1.54, 1.807) is 38.1 Å². The number of nitriles is 1. The largest absolute Gasteiger partial charge is 0.463 e. The molecule has 0 fully saturated rings. The molecule has 1 aromatic rings. The van der Waals surface area contributed by atoms with E-state index in [1.807, 2.05) is 13.8 Å². The summed E-state index contributed by atoms with van der Waals surface area (Å²) >= 11 is 7.15. The first kappa shape index (κ1) is 23.1. The van der Waals surface area contributed by atoms with Crippen LogP contribution in [0, 0.1) is 23.2 Å². The lowest BCUT2D eigenvalue weighted by Crippen LogP contribution is -2.31. The van der Waals surface area contributed by atoms with Gasteiger partial charge in [-0.1, -0.05) is 37.2 Å². The van der Waals surface area contributed by atoms with Crippen LogP contribution in [-0.2, 0) is 9.53 Å². The number of benzene rings is 1. The Hall–Kier alpha value is -2.23. The van der Waals surface area contributed by atoms with Crippen molar-refractivity contribution >= 4 is 35.1 Å². The smallest absolute Gasteiger partial charge is 0.336 e. The molecule has 0 unspecified atom stereocenters. The number of hydrogen-bond acceptors (Lipinski definition) is 6. The van der Waals surface area contributed by atoms with Crippen molar-refractivity contribution in [2.75, 3.05) is 12.4 Å². The van der Waals surface area contributed by atoms with Crippen LogP contribution in [0.3, 0.4) is 0 Å². The highest BCUT2D eigenvalue weighted by atomic mass is 35.5. The Balaban J connectivity index is 2.28. The summed E-state index contributed by atoms with van der Waals surface area (Å²) in [5.41, 5.74) is 2.19. The third-order valence-corrected chi connectivity index (χ3v) is 5.75. The Morgan fingerprint density at radius 2 is 1.97 bits per heavy atom. The zero-order valence-corrected chi connectivity index (χ0v) is 18.6. The Bertz CT molecular complexity index is 882. The van der Waals surface area contributed by atoms with Crippen LogP contribution in [0.5, 0.6) is 0 Å². The summed E-state index contributed by atoms with van der Waals surface area (Å²) in [5, 5.41) is 14.2. The maximum Gasteiger partial charge on any atom is 0.336 e. The van der Waals surface area contributed by atoms with Gasteiger partial charge < -0.3 is 10.1 Å². The normalized spacial score (nSPS) is 16.5. The second-order valence-corrected chi connectivity index (χ2v) is 8.56. The van der Waals surface area contributed by atoms with Gasteiger partial charge in [0.1, 0.15) is 0 Å². The van der Waals surface area contributed by atoms with Crippen molar-refractivity contribution in [1.82, 2.24) is 5.32 Å². The summed E-state index contributed by atoms with van der Waals surface area (Å²) in [6, 6.07) is 8.98. The zero-order valence-electron chi connectivity index (χ0n) is 17.0. The van der Waals surface area contributed by atoms with Crippen molar-refractivity contribution in [1.29, 1.82) is 5.26 Å². The molecule has 5 nitrogen and oxygen atoms in total. The van der Waals surface area contributed by atoms with E-state index in [9.17, 15) is 14.9 Å². The van der Waals surface area contributed by atoms with Crippen molar-refractivity contribution in [3.05, 3.63) is 56.7 Å². The van der Waals surface area contributed by atoms with Crippen molar-refractivity contribution in [2.45, 2.75) is 34.1 Å². The minimum atomic E-state index is -0.405. The molecule has 0 saturated carbocycles. The average molecular weight is 433 g/mol. The van der Waals surface area contributed by atoms with Crippen molar-refractivity contribution in [3.63, 3.8) is 0 Å². The number of carbonyl (C=O) groups excluding carboxylic acids is 2. The number of esters is 1. The number of ketones is 1. The molecule has 1 aliphatic rings. The van der Waals surface area contributed by atoms with Gasteiger partial charge in [-0.2, -0.15) is 5.26 Å². The highest BCUT2D eigenvalue weighted by molar-refractivity contribution is 8.03. The lowest BCUT2D eigenvalue weighted by atomic mass is 9.82. The molecule has 1 aromatic carbocycles. The van der Waals surface area contributed by atoms with Crippen LogP contribution in [0.4, 0.5) is 0 Å². The van der Waals surface area contributed by atoms with Crippen LogP contribution in [-0.4, -0.2) is 24.1 Å². The number of Topliss-reactive ketones (excluding diaryl/α,β-unsaturated/α-hetero) is 1. The first-order chi connectivity index (χ1) is 13.8. The fourth-order valence-corrected chi connectivity index (χ4v) is 4.32. The Morgan fingerprint density at radius 1 is 1.31 bits per heavy atom. The van der Waals surface area contributed by atoms with Crippen molar-refractivity contribution < 1.29 is 14.3 Å². The average Bonchev–Trinajstić information content (AvgIpc) is 2.66. The van der Waals surface area contributed by atoms with E-state index < -0.39 is 5.97 Å². The maximum atomic E-state index is 12.5. The van der Waals surface area contributed by atoms with Gasteiger partial charge in [0.2, 0.25) is 0 Å². The molecular weight excluding hydrogens is 408 g/mol. The predicted octanol–water partition coefficient (Wildman–Crippen LogP) is 5.09. The molecule has 0 aliphatic carbocycles. The van der Waals surface area contributed by atoms with E-state index in [0.717, 1.165) is 0 Å². The maximum absolute atomic E-state index is 12.5. The second kappa shape index (κ2) is 10.5. The molecule has 154 valence electrons. The van der Waals surface area contributed by atoms with Crippen LogP contribution in [0.15, 0.2) is 46.1 Å². The first-order valence-corrected chi connectivity index (χ1v) is 10.9. The summed E-state index contributed by atoms with van der Waals surface area (Å²) in [5.74, 6) is -0.367. The molecule has 1 N–H and O–H groups in total. The Kier molecular flexibility index (Phi) is 8.36. The molecule has 1 heterocycles. The number of thioether (sulfide) groups is 1. The van der Waals surface area contributed by atoms with Crippen molar-refractivity contribution in [2.24, 2.45) is 11.8 Å². The molecule has 7 heteroatoms. The molecular formula is C22H25ClN2O3S. The molecule has 0 spiro atoms. The van der Waals surface area contributed by atoms with Crippen molar-refractivity contribution in [3.8, 4) is 6.07 Å². The SMILES string of the molecule is CCOC(=O)C1=C(C)NC(SCC(=O)c2ccc(Cl)cc2)=C(C#N)[C@@H]1CC(C)C. The van der Waals surface area contributed by atoms with E-state index in [2.05, 4.69) is 11.4 Å². The van der Waals surface area contributed by atoms with Crippen LogP contribution >= 0.6 is 23.4 Å². The predicted molar refractivity (Wildman–Crippen MR) is 116 cm³/mol. The number of nitrogens with zero attached hydrogens (tertiary/aromatic N) is 1. The van der Waals surface area contributed by atoms with Gasteiger partial charge in [0.15, 0.2) is 5.78 Å². The van der Waals surface area contributed by atoms with E-state index >= 15 is 0 Å². The quantitative estimate of drug-likeness (QED) is 0.455. The van der Waals surface area contributed by atoms with E-state index in [4.69, 9.17) is 16.3 Å². The number of allylic oxidation sites excluding steroid dienone is 2. The minimum Gasteiger partial charge on any atom is -0.463 e. The number of hydrogen-bond donors (Lipinski definition) is 1. The standard InChI is InChI=1S/C22H25ClN2O3S/c1-5-28-22(27)20-14(4)25-21(18(11-24)17(20)10-13(2)3)29-12-19(26)15-6-8-16(23)9-7-15/h6-9,13,17,25H,5,10,12H2,1-4H3/t17-/m0/s1. The number of nitrogens with one attached hydrogen (secondary N) is 1. The molecule has 0 amide bonds. The third kappa shape index (κ3) is 5.88. The number of halogens is 1. The summed E-state index contributed by atoms with van der Waals surface area (Å²) in [7, 11) is 0. The van der Waals surface area contributed by atoms with Crippen LogP contribution in [0.2, 0.25) is 5.02 Å². The number of rotatable bonds is 8. The zero-order chi connectivity index (χ0) is 21.6. The number of carbonyl (C=O) groups is 2. The Labute approximate surface area is 181 Å². The van der Waals surface area contributed by atoms with Gasteiger partial charge in [-0.3, -0.25) is 4.79 Å². The van der Waals surface area contributed by atoms with Gasteiger partial charge in [0, 0.05) is 22.2 Å². The first-order valence-electron chi connectivity index (χ1n) is 9.49. The summed E-state index contributed by atoms with van der Waals surface area (Å²) in [4.78, 5) is 25.0. The monoisotopic (exact) mass is 432 g/mol. The fraction of sp³-hybridized carbons (Fsp3) is 0.409. The van der Waals surface area contributed by atoms with E-state index in [1.165, 1.54) is 11.8 Å². The molecule has 0 bridgehead atoms. The van der Waals surface area contributed by atoms with Gasteiger partial charge >= 0.3 is 5.97 Å². The fourth-order valence-electron chi connectivity index (χ4n) is 3.18. The van der Waals surface area contributed by atoms with Gasteiger partial charge in [-0.15, -0.1) is 0 Å². The Morgan fingerprint density at radius 3 is 2.52 bits per heavy atom. The van der Waals surface area contributed by atoms with E-state index in [-0.39, 0.29) is 30.0 Å². The number of ether oxygens (including phenoxy) is 1. The molecule has 0 radical (unpaired) electrons. The second-order valence-electron chi connectivity index (χ2n) is 7.14. The molecule has 29 heavy (non-hydrogen) atoms. The van der Waals surface area contributed by atoms with Gasteiger partial charge in [0.05, 0.1) is 34.6 Å². The van der Waals surface area contributed by atoms with Crippen LogP contribution < -0.4 is 5.32 Å². The number of dihydropyridines is 1. The molecule has 0 saturated heterocycles. The minimum absolute atomic E-state index is 0.0588. The topological polar surface area (TPSA) is 79.2 Å². The molecule has 0 aromatic heterocycles. The molecule has 2 rings (SSSR count). The summed E-state index contributed by atoms with van der Waals surface area (Å²) in [6.07, 6.45) is 0.644. The van der Waals surface area contributed by atoms with Gasteiger partial charge in [-0.05, 0) is 50.5 Å².